The molecule has 0 aromatic rings. The highest BCUT2D eigenvalue weighted by Crippen LogP contribution is 2.22. The molecule has 1 saturated heterocycles. The largest absolute Gasteiger partial charge is 0.375 e. The smallest absolute Gasteiger partial charge is 0.236 e. The third-order valence-corrected chi connectivity index (χ3v) is 4.43. The Balaban J connectivity index is 1.84. The zero-order chi connectivity index (χ0) is 13.7. The summed E-state index contributed by atoms with van der Waals surface area (Å²) in [4.78, 5) is 16.7. The molecule has 0 radical (unpaired) electrons. The third-order valence-electron chi connectivity index (χ3n) is 4.43. The first-order valence-electron chi connectivity index (χ1n) is 7.84. The third kappa shape index (κ3) is 4.18. The maximum absolute atomic E-state index is 12.4. The van der Waals surface area contributed by atoms with Gasteiger partial charge in [0.25, 0.3) is 0 Å². The van der Waals surface area contributed by atoms with Crippen LogP contribution < -0.4 is 0 Å². The molecule has 1 heterocycles. The number of rotatable bonds is 4. The second kappa shape index (κ2) is 7.25. The molecule has 110 valence electrons. The molecule has 0 bridgehead atoms. The van der Waals surface area contributed by atoms with Crippen molar-refractivity contribution in [2.24, 2.45) is 0 Å². The number of amides is 1. The molecule has 0 aromatic heterocycles. The van der Waals surface area contributed by atoms with Crippen LogP contribution in [0.15, 0.2) is 0 Å². The summed E-state index contributed by atoms with van der Waals surface area (Å²) < 4.78 is 5.50. The van der Waals surface area contributed by atoms with E-state index in [9.17, 15) is 4.79 Å². The highest BCUT2D eigenvalue weighted by molar-refractivity contribution is 5.78. The molecule has 1 saturated carbocycles. The minimum atomic E-state index is 0.183. The molecule has 2 aliphatic rings. The zero-order valence-electron chi connectivity index (χ0n) is 12.4. The normalized spacial score (nSPS) is 25.8. The van der Waals surface area contributed by atoms with Gasteiger partial charge in [-0.25, -0.2) is 0 Å². The number of carbonyl (C=O) groups excluding carboxylic acids is 1. The molecule has 1 amide bonds. The molecule has 0 spiro atoms. The van der Waals surface area contributed by atoms with Gasteiger partial charge in [-0.05, 0) is 26.3 Å². The van der Waals surface area contributed by atoms with E-state index in [0.717, 1.165) is 19.6 Å². The summed E-state index contributed by atoms with van der Waals surface area (Å²) in [7, 11) is 0. The number of carbonyl (C=O) groups is 1. The lowest BCUT2D eigenvalue weighted by Gasteiger charge is -2.36. The lowest BCUT2D eigenvalue weighted by molar-refractivity contribution is -0.140. The molecule has 0 N–H and O–H groups in total. The number of morpholine rings is 1. The van der Waals surface area contributed by atoms with E-state index in [1.165, 1.54) is 32.1 Å². The van der Waals surface area contributed by atoms with E-state index in [4.69, 9.17) is 4.74 Å². The fraction of sp³-hybridized carbons (Fsp3) is 0.933. The van der Waals surface area contributed by atoms with Crippen LogP contribution in [0.1, 0.15) is 46.0 Å². The van der Waals surface area contributed by atoms with Crippen molar-refractivity contribution in [2.45, 2.75) is 58.1 Å². The summed E-state index contributed by atoms with van der Waals surface area (Å²) >= 11 is 0. The van der Waals surface area contributed by atoms with Gasteiger partial charge >= 0.3 is 0 Å². The highest BCUT2D eigenvalue weighted by atomic mass is 16.5. The van der Waals surface area contributed by atoms with Crippen molar-refractivity contribution >= 4 is 5.91 Å². The van der Waals surface area contributed by atoms with Gasteiger partial charge in [0.1, 0.15) is 0 Å². The van der Waals surface area contributed by atoms with Crippen LogP contribution in [0, 0.1) is 0 Å². The van der Waals surface area contributed by atoms with Crippen molar-refractivity contribution < 1.29 is 9.53 Å². The van der Waals surface area contributed by atoms with Crippen molar-refractivity contribution in [1.82, 2.24) is 9.80 Å². The number of ether oxygens (including phenoxy) is 1. The van der Waals surface area contributed by atoms with E-state index in [-0.39, 0.29) is 12.0 Å². The van der Waals surface area contributed by atoms with Crippen molar-refractivity contribution in [2.75, 3.05) is 32.8 Å². The van der Waals surface area contributed by atoms with Gasteiger partial charge in [-0.2, -0.15) is 0 Å². The van der Waals surface area contributed by atoms with Crippen LogP contribution in [0.4, 0.5) is 0 Å². The lowest BCUT2D eigenvalue weighted by Crippen LogP contribution is -2.50. The summed E-state index contributed by atoms with van der Waals surface area (Å²) in [6, 6.07) is 0.626. The standard InChI is InChI=1S/C15H28N2O2/c1-3-16(14-7-5-4-6-8-14)12-15(18)17-9-10-19-13(2)11-17/h13-14H,3-12H2,1-2H3/t13-/m0/s1. The molecule has 1 aliphatic carbocycles. The van der Waals surface area contributed by atoms with Crippen LogP contribution in [-0.2, 0) is 9.53 Å². The SMILES string of the molecule is CCN(CC(=O)N1CCO[C@@H](C)C1)C1CCCCC1. The lowest BCUT2D eigenvalue weighted by atomic mass is 9.94. The summed E-state index contributed by atoms with van der Waals surface area (Å²) in [6.07, 6.45) is 6.72. The summed E-state index contributed by atoms with van der Waals surface area (Å²) in [6.45, 7) is 7.97. The fourth-order valence-electron chi connectivity index (χ4n) is 3.26. The molecule has 0 unspecified atom stereocenters. The quantitative estimate of drug-likeness (QED) is 0.780. The van der Waals surface area contributed by atoms with E-state index in [0.29, 0.717) is 19.2 Å². The minimum Gasteiger partial charge on any atom is -0.375 e. The Labute approximate surface area is 117 Å². The van der Waals surface area contributed by atoms with Crippen LogP contribution in [-0.4, -0.2) is 60.6 Å². The molecular formula is C15H28N2O2. The first-order valence-corrected chi connectivity index (χ1v) is 7.84. The van der Waals surface area contributed by atoms with Crippen LogP contribution in [0.5, 0.6) is 0 Å². The Morgan fingerprint density at radius 1 is 1.32 bits per heavy atom. The van der Waals surface area contributed by atoms with E-state index in [1.807, 2.05) is 11.8 Å². The number of nitrogens with zero attached hydrogens (tertiary/aromatic N) is 2. The Kier molecular flexibility index (Phi) is 5.64. The first kappa shape index (κ1) is 14.8. The van der Waals surface area contributed by atoms with Crippen LogP contribution >= 0.6 is 0 Å². The molecule has 19 heavy (non-hydrogen) atoms. The molecule has 4 heteroatoms. The molecule has 2 fully saturated rings. The average Bonchev–Trinajstić information content (AvgIpc) is 2.45. The van der Waals surface area contributed by atoms with Crippen LogP contribution in [0.3, 0.4) is 0 Å². The van der Waals surface area contributed by atoms with Gasteiger partial charge in [-0.3, -0.25) is 9.69 Å². The van der Waals surface area contributed by atoms with Crippen molar-refractivity contribution in [1.29, 1.82) is 0 Å². The van der Waals surface area contributed by atoms with Gasteiger partial charge < -0.3 is 9.64 Å². The van der Waals surface area contributed by atoms with E-state index >= 15 is 0 Å². The van der Waals surface area contributed by atoms with E-state index < -0.39 is 0 Å². The molecule has 1 aliphatic heterocycles. The second-order valence-corrected chi connectivity index (χ2v) is 5.88. The predicted octanol–water partition coefficient (Wildman–Crippen LogP) is 1.89. The molecule has 2 rings (SSSR count). The Morgan fingerprint density at radius 3 is 2.68 bits per heavy atom. The zero-order valence-corrected chi connectivity index (χ0v) is 12.4. The summed E-state index contributed by atoms with van der Waals surface area (Å²) in [5, 5.41) is 0. The summed E-state index contributed by atoms with van der Waals surface area (Å²) in [5.74, 6) is 0.280. The van der Waals surface area contributed by atoms with Gasteiger partial charge in [0, 0.05) is 19.1 Å². The molecule has 4 nitrogen and oxygen atoms in total. The van der Waals surface area contributed by atoms with E-state index in [1.54, 1.807) is 0 Å². The van der Waals surface area contributed by atoms with Gasteiger partial charge in [0.05, 0.1) is 19.3 Å². The first-order chi connectivity index (χ1) is 9.20. The average molecular weight is 268 g/mol. The fourth-order valence-corrected chi connectivity index (χ4v) is 3.26. The van der Waals surface area contributed by atoms with Crippen LogP contribution in [0.2, 0.25) is 0 Å². The maximum atomic E-state index is 12.4. The second-order valence-electron chi connectivity index (χ2n) is 5.88. The predicted molar refractivity (Wildman–Crippen MR) is 76.1 cm³/mol. The Morgan fingerprint density at radius 2 is 2.05 bits per heavy atom. The van der Waals surface area contributed by atoms with Crippen molar-refractivity contribution in [3.63, 3.8) is 0 Å². The van der Waals surface area contributed by atoms with Gasteiger partial charge in [0.2, 0.25) is 5.91 Å². The van der Waals surface area contributed by atoms with Gasteiger partial charge in [-0.1, -0.05) is 26.2 Å². The maximum Gasteiger partial charge on any atom is 0.236 e. The van der Waals surface area contributed by atoms with Crippen molar-refractivity contribution in [3.8, 4) is 0 Å². The van der Waals surface area contributed by atoms with Gasteiger partial charge in [0.15, 0.2) is 0 Å². The van der Waals surface area contributed by atoms with E-state index in [2.05, 4.69) is 11.8 Å². The Bertz CT molecular complexity index is 290. The molecule has 1 atom stereocenters. The monoisotopic (exact) mass is 268 g/mol. The van der Waals surface area contributed by atoms with Gasteiger partial charge in [-0.15, -0.1) is 0 Å². The molecule has 0 aromatic carbocycles. The Hall–Kier alpha value is -0.610. The summed E-state index contributed by atoms with van der Waals surface area (Å²) in [5.41, 5.74) is 0. The van der Waals surface area contributed by atoms with Crippen LogP contribution in [0.25, 0.3) is 0 Å². The number of hydrogen-bond donors (Lipinski definition) is 0. The molecular weight excluding hydrogens is 240 g/mol. The van der Waals surface area contributed by atoms with Crippen molar-refractivity contribution in [3.05, 3.63) is 0 Å². The minimum absolute atomic E-state index is 0.183. The highest BCUT2D eigenvalue weighted by Gasteiger charge is 2.26. The number of likely N-dealkylation sites (N-methyl/N-ethyl adjacent to an activating group) is 1. The topological polar surface area (TPSA) is 32.8 Å². The number of hydrogen-bond acceptors (Lipinski definition) is 3.